The van der Waals surface area contributed by atoms with E-state index >= 15 is 0 Å². The van der Waals surface area contributed by atoms with E-state index in [0.29, 0.717) is 13.1 Å². The first-order valence-corrected chi connectivity index (χ1v) is 12.5. The second-order valence-corrected chi connectivity index (χ2v) is 10.1. The molecule has 2 saturated heterocycles. The Bertz CT molecular complexity index is 1020. The van der Waals surface area contributed by atoms with Crippen LogP contribution in [0.5, 0.6) is 0 Å². The van der Waals surface area contributed by atoms with E-state index in [9.17, 15) is 9.59 Å². The number of rotatable bonds is 6. The second-order valence-electron chi connectivity index (χ2n) is 9.04. The Morgan fingerprint density at radius 2 is 1.06 bits per heavy atom. The average Bonchev–Trinajstić information content (AvgIpc) is 3.17. The predicted octanol–water partition coefficient (Wildman–Crippen LogP) is 5.39. The summed E-state index contributed by atoms with van der Waals surface area (Å²) in [5.41, 5.74) is 1.56. The van der Waals surface area contributed by atoms with Crippen molar-refractivity contribution in [3.05, 3.63) is 47.5 Å². The standard InChI is InChI=1S/C26H30N2O2S/c29-23(17-27-11-3-1-4-12-27)19-7-9-25-21(15-19)22-16-20(8-10-26(22)31-25)24(30)18-28-13-5-2-6-14-28/h7-10,15-16H,1-6,11-14,17-18H2. The molecule has 162 valence electrons. The van der Waals surface area contributed by atoms with Gasteiger partial charge in [0.2, 0.25) is 0 Å². The fourth-order valence-electron chi connectivity index (χ4n) is 4.95. The van der Waals surface area contributed by atoms with Crippen LogP contribution in [0.1, 0.15) is 59.2 Å². The Balaban J connectivity index is 1.40. The zero-order chi connectivity index (χ0) is 21.2. The molecule has 0 N–H and O–H groups in total. The number of likely N-dealkylation sites (tertiary alicyclic amines) is 2. The van der Waals surface area contributed by atoms with Crippen molar-refractivity contribution in [1.29, 1.82) is 0 Å². The van der Waals surface area contributed by atoms with Crippen molar-refractivity contribution in [1.82, 2.24) is 9.80 Å². The predicted molar refractivity (Wildman–Crippen MR) is 129 cm³/mol. The molecule has 0 aliphatic carbocycles. The largest absolute Gasteiger partial charge is 0.296 e. The lowest BCUT2D eigenvalue weighted by atomic mass is 10.0. The highest BCUT2D eigenvalue weighted by atomic mass is 32.1. The van der Waals surface area contributed by atoms with E-state index < -0.39 is 0 Å². The highest BCUT2D eigenvalue weighted by Crippen LogP contribution is 2.35. The molecule has 3 aromatic rings. The highest BCUT2D eigenvalue weighted by Gasteiger charge is 2.18. The first kappa shape index (κ1) is 20.8. The third-order valence-electron chi connectivity index (χ3n) is 6.74. The van der Waals surface area contributed by atoms with Crippen LogP contribution in [0.4, 0.5) is 0 Å². The number of nitrogens with zero attached hydrogens (tertiary/aromatic N) is 2. The van der Waals surface area contributed by atoms with Crippen molar-refractivity contribution in [3.8, 4) is 0 Å². The van der Waals surface area contributed by atoms with Gasteiger partial charge in [0.05, 0.1) is 13.1 Å². The number of ketones is 2. The Kier molecular flexibility index (Phi) is 6.17. The van der Waals surface area contributed by atoms with Crippen LogP contribution >= 0.6 is 11.3 Å². The van der Waals surface area contributed by atoms with Gasteiger partial charge in [-0.05, 0) is 88.3 Å². The van der Waals surface area contributed by atoms with E-state index in [1.54, 1.807) is 11.3 Å². The zero-order valence-corrected chi connectivity index (χ0v) is 18.9. The summed E-state index contributed by atoms with van der Waals surface area (Å²) in [6.45, 7) is 5.12. The molecule has 2 aliphatic rings. The highest BCUT2D eigenvalue weighted by molar-refractivity contribution is 7.25. The average molecular weight is 435 g/mol. The first-order chi connectivity index (χ1) is 15.2. The molecule has 3 heterocycles. The first-order valence-electron chi connectivity index (χ1n) is 11.6. The monoisotopic (exact) mass is 434 g/mol. The van der Waals surface area contributed by atoms with E-state index in [0.717, 1.165) is 48.1 Å². The van der Waals surface area contributed by atoms with Gasteiger partial charge in [0, 0.05) is 31.3 Å². The molecule has 0 bridgehead atoms. The lowest BCUT2D eigenvalue weighted by Crippen LogP contribution is -2.34. The zero-order valence-electron chi connectivity index (χ0n) is 18.1. The van der Waals surface area contributed by atoms with Gasteiger partial charge in [-0.3, -0.25) is 19.4 Å². The summed E-state index contributed by atoms with van der Waals surface area (Å²) in [6, 6.07) is 12.1. The summed E-state index contributed by atoms with van der Waals surface area (Å²) in [4.78, 5) is 30.4. The van der Waals surface area contributed by atoms with Crippen LogP contribution in [0.15, 0.2) is 36.4 Å². The number of carbonyl (C=O) groups is 2. The Morgan fingerprint density at radius 1 is 0.645 bits per heavy atom. The molecule has 0 saturated carbocycles. The van der Waals surface area contributed by atoms with E-state index in [2.05, 4.69) is 21.9 Å². The lowest BCUT2D eigenvalue weighted by Gasteiger charge is -2.25. The number of benzene rings is 2. The molecule has 0 radical (unpaired) electrons. The Morgan fingerprint density at radius 3 is 1.48 bits per heavy atom. The normalized spacial score (nSPS) is 18.6. The molecule has 0 unspecified atom stereocenters. The summed E-state index contributed by atoms with van der Waals surface area (Å²) in [5.74, 6) is 0.390. The number of piperidine rings is 2. The van der Waals surface area contributed by atoms with Crippen LogP contribution in [-0.2, 0) is 0 Å². The fraction of sp³-hybridized carbons (Fsp3) is 0.462. The van der Waals surface area contributed by atoms with Crippen molar-refractivity contribution >= 4 is 43.1 Å². The van der Waals surface area contributed by atoms with Gasteiger partial charge in [-0.2, -0.15) is 0 Å². The molecule has 5 rings (SSSR count). The van der Waals surface area contributed by atoms with Crippen LogP contribution in [0.3, 0.4) is 0 Å². The summed E-state index contributed by atoms with van der Waals surface area (Å²) < 4.78 is 2.34. The van der Waals surface area contributed by atoms with Gasteiger partial charge in [0.1, 0.15) is 0 Å². The molecule has 1 aromatic heterocycles. The topological polar surface area (TPSA) is 40.6 Å². The maximum absolute atomic E-state index is 12.9. The number of thiophene rings is 1. The minimum absolute atomic E-state index is 0.195. The van der Waals surface area contributed by atoms with Gasteiger partial charge in [-0.15, -0.1) is 11.3 Å². The van der Waals surface area contributed by atoms with Crippen LogP contribution in [0.25, 0.3) is 20.2 Å². The van der Waals surface area contributed by atoms with Crippen LogP contribution < -0.4 is 0 Å². The second kappa shape index (κ2) is 9.19. The molecule has 0 spiro atoms. The molecule has 5 heteroatoms. The van der Waals surface area contributed by atoms with E-state index in [4.69, 9.17) is 0 Å². The molecular formula is C26H30N2O2S. The molecule has 31 heavy (non-hydrogen) atoms. The molecule has 4 nitrogen and oxygen atoms in total. The van der Waals surface area contributed by atoms with Crippen molar-refractivity contribution in [3.63, 3.8) is 0 Å². The van der Waals surface area contributed by atoms with Crippen LogP contribution in [-0.4, -0.2) is 60.6 Å². The van der Waals surface area contributed by atoms with E-state index in [1.165, 1.54) is 47.9 Å². The summed E-state index contributed by atoms with van der Waals surface area (Å²) in [5, 5.41) is 2.19. The SMILES string of the molecule is O=C(CN1CCCCC1)c1ccc2sc3ccc(C(=O)CN4CCCCC4)cc3c2c1. The lowest BCUT2D eigenvalue weighted by molar-refractivity contribution is 0.0908. The molecule has 0 atom stereocenters. The number of hydrogen-bond acceptors (Lipinski definition) is 5. The van der Waals surface area contributed by atoms with Crippen molar-refractivity contribution in [2.24, 2.45) is 0 Å². The molecule has 2 aromatic carbocycles. The van der Waals surface area contributed by atoms with Crippen LogP contribution in [0, 0.1) is 0 Å². The van der Waals surface area contributed by atoms with Crippen molar-refractivity contribution in [2.45, 2.75) is 38.5 Å². The summed E-state index contributed by atoms with van der Waals surface area (Å²) in [7, 11) is 0. The molecular weight excluding hydrogens is 404 g/mol. The van der Waals surface area contributed by atoms with E-state index in [-0.39, 0.29) is 11.6 Å². The quantitative estimate of drug-likeness (QED) is 0.488. The number of carbonyl (C=O) groups excluding carboxylic acids is 2. The third kappa shape index (κ3) is 4.59. The van der Waals surface area contributed by atoms with Gasteiger partial charge in [-0.25, -0.2) is 0 Å². The third-order valence-corrected chi connectivity index (χ3v) is 7.90. The van der Waals surface area contributed by atoms with Crippen molar-refractivity contribution in [2.75, 3.05) is 39.3 Å². The van der Waals surface area contributed by atoms with Gasteiger partial charge >= 0.3 is 0 Å². The van der Waals surface area contributed by atoms with Gasteiger partial charge < -0.3 is 0 Å². The minimum Gasteiger partial charge on any atom is -0.296 e. The molecule has 2 aliphatic heterocycles. The number of hydrogen-bond donors (Lipinski definition) is 0. The van der Waals surface area contributed by atoms with Crippen LogP contribution in [0.2, 0.25) is 0 Å². The van der Waals surface area contributed by atoms with Gasteiger partial charge in [-0.1, -0.05) is 12.8 Å². The minimum atomic E-state index is 0.195. The fourth-order valence-corrected chi connectivity index (χ4v) is 6.01. The Labute approximate surface area is 187 Å². The number of fused-ring (bicyclic) bond motifs is 3. The van der Waals surface area contributed by atoms with E-state index in [1.807, 2.05) is 24.3 Å². The summed E-state index contributed by atoms with van der Waals surface area (Å²) >= 11 is 1.73. The number of Topliss-reactive ketones (excluding diaryl/α,β-unsaturated/α-hetero) is 2. The maximum Gasteiger partial charge on any atom is 0.176 e. The molecule has 0 amide bonds. The maximum atomic E-state index is 12.9. The van der Waals surface area contributed by atoms with Gasteiger partial charge in [0.25, 0.3) is 0 Å². The summed E-state index contributed by atoms with van der Waals surface area (Å²) in [6.07, 6.45) is 7.31. The van der Waals surface area contributed by atoms with Crippen molar-refractivity contribution < 1.29 is 9.59 Å². The Hall–Kier alpha value is -2.08. The molecule has 2 fully saturated rings. The van der Waals surface area contributed by atoms with Gasteiger partial charge in [0.15, 0.2) is 11.6 Å². The smallest absolute Gasteiger partial charge is 0.176 e.